The van der Waals surface area contributed by atoms with Gasteiger partial charge in [0, 0.05) is 24.9 Å². The van der Waals surface area contributed by atoms with Gasteiger partial charge in [-0.05, 0) is 72.7 Å². The molecule has 0 amide bonds. The summed E-state index contributed by atoms with van der Waals surface area (Å²) in [6, 6.07) is 9.80. The summed E-state index contributed by atoms with van der Waals surface area (Å²) < 4.78 is 76.2. The van der Waals surface area contributed by atoms with Crippen LogP contribution >= 0.6 is 0 Å². The van der Waals surface area contributed by atoms with E-state index in [9.17, 15) is 31.5 Å². The number of carboxylic acids is 1. The van der Waals surface area contributed by atoms with Crippen LogP contribution in [0.15, 0.2) is 53.7 Å². The topological polar surface area (TPSA) is 127 Å². The number of hydrogen-bond donors (Lipinski definition) is 1. The van der Waals surface area contributed by atoms with Gasteiger partial charge in [-0.3, -0.25) is 9.20 Å². The molecule has 1 saturated carbocycles. The van der Waals surface area contributed by atoms with Gasteiger partial charge < -0.3 is 9.84 Å². The monoisotopic (exact) mass is 615 g/mol. The fourth-order valence-corrected chi connectivity index (χ4v) is 7.28. The van der Waals surface area contributed by atoms with Gasteiger partial charge in [-0.15, -0.1) is 10.2 Å². The lowest BCUT2D eigenvalue weighted by Crippen LogP contribution is -2.38. The van der Waals surface area contributed by atoms with Crippen LogP contribution in [0, 0.1) is 19.8 Å². The second-order valence-corrected chi connectivity index (χ2v) is 13.2. The van der Waals surface area contributed by atoms with Gasteiger partial charge in [0.2, 0.25) is 21.7 Å². The number of nitrogens with zero attached hydrogens (tertiary/aromatic N) is 5. The first kappa shape index (κ1) is 29.1. The molecule has 1 aliphatic heterocycles. The smallest absolute Gasteiger partial charge is 0.452 e. The maximum atomic E-state index is 13.8. The van der Waals surface area contributed by atoms with Gasteiger partial charge in [-0.2, -0.15) is 17.5 Å². The second-order valence-electron chi connectivity index (χ2n) is 11.3. The average molecular weight is 616 g/mol. The lowest BCUT2D eigenvalue weighted by molar-refractivity contribution is -0.145. The predicted molar refractivity (Wildman–Crippen MR) is 147 cm³/mol. The Hall–Kier alpha value is -4.04. The predicted octanol–water partition coefficient (Wildman–Crippen LogP) is 4.73. The molecule has 0 radical (unpaired) electrons. The molecule has 14 heteroatoms. The molecule has 226 valence electrons. The maximum Gasteiger partial charge on any atom is 0.452 e. The van der Waals surface area contributed by atoms with Crippen molar-refractivity contribution in [3.8, 4) is 5.88 Å². The molecule has 4 aromatic rings. The van der Waals surface area contributed by atoms with Crippen LogP contribution < -0.4 is 4.74 Å². The molecule has 1 fully saturated rings. The molecule has 0 unspecified atom stereocenters. The van der Waals surface area contributed by atoms with Crippen LogP contribution in [0.3, 0.4) is 0 Å². The second kappa shape index (κ2) is 10.0. The summed E-state index contributed by atoms with van der Waals surface area (Å²) in [7, 11) is -3.98. The van der Waals surface area contributed by atoms with E-state index < -0.39 is 45.4 Å². The summed E-state index contributed by atoms with van der Waals surface area (Å²) in [6.07, 6.45) is -0.664. The molecule has 6 rings (SSSR count). The van der Waals surface area contributed by atoms with E-state index in [4.69, 9.17) is 4.74 Å². The number of benzene rings is 1. The van der Waals surface area contributed by atoms with Gasteiger partial charge in [0.1, 0.15) is 10.5 Å². The highest BCUT2D eigenvalue weighted by molar-refractivity contribution is 7.89. The first-order chi connectivity index (χ1) is 20.2. The number of rotatable bonds is 6. The molecule has 1 N–H and O–H groups in total. The third-order valence-electron chi connectivity index (χ3n) is 8.36. The molecule has 0 saturated heterocycles. The Morgan fingerprint density at radius 1 is 1.16 bits per heavy atom. The highest BCUT2D eigenvalue weighted by Gasteiger charge is 2.52. The largest absolute Gasteiger partial charge is 0.481 e. The van der Waals surface area contributed by atoms with E-state index in [1.165, 1.54) is 35.8 Å². The SMILES string of the molecule is Cc1ccc([C@H](c2ccn3c(C(F)(F)F)nnc3c2C)[C@H](C)C(=O)O)cc1CN1CC2(CC2)Oc2ncccc2S1(=O)=O. The Kier molecular flexibility index (Phi) is 6.77. The first-order valence-corrected chi connectivity index (χ1v) is 15.0. The number of aliphatic carboxylic acids is 1. The van der Waals surface area contributed by atoms with E-state index in [0.29, 0.717) is 35.1 Å². The number of alkyl halides is 3. The molecular weight excluding hydrogens is 587 g/mol. The summed E-state index contributed by atoms with van der Waals surface area (Å²) >= 11 is 0. The van der Waals surface area contributed by atoms with Crippen LogP contribution in [0.4, 0.5) is 13.2 Å². The minimum Gasteiger partial charge on any atom is -0.481 e. The third kappa shape index (κ3) is 5.01. The van der Waals surface area contributed by atoms with E-state index in [2.05, 4.69) is 15.2 Å². The van der Waals surface area contributed by atoms with E-state index in [-0.39, 0.29) is 29.5 Å². The van der Waals surface area contributed by atoms with Crippen LogP contribution in [-0.4, -0.2) is 55.5 Å². The number of carbonyl (C=O) groups is 1. The first-order valence-electron chi connectivity index (χ1n) is 13.6. The van der Waals surface area contributed by atoms with Gasteiger partial charge in [-0.1, -0.05) is 25.1 Å². The Bertz CT molecular complexity index is 1870. The molecule has 2 aliphatic rings. The fraction of sp³-hybridized carbons (Fsp3) is 0.379. The molecule has 2 atom stereocenters. The van der Waals surface area contributed by atoms with E-state index in [1.54, 1.807) is 31.2 Å². The van der Waals surface area contributed by atoms with Crippen molar-refractivity contribution in [3.05, 3.63) is 82.4 Å². The van der Waals surface area contributed by atoms with Crippen molar-refractivity contribution in [2.45, 2.75) is 62.7 Å². The van der Waals surface area contributed by atoms with E-state index in [1.807, 2.05) is 6.92 Å². The lowest BCUT2D eigenvalue weighted by atomic mass is 9.79. The molecule has 1 aromatic carbocycles. The van der Waals surface area contributed by atoms with Crippen molar-refractivity contribution in [3.63, 3.8) is 0 Å². The van der Waals surface area contributed by atoms with Crippen molar-refractivity contribution in [2.24, 2.45) is 5.92 Å². The van der Waals surface area contributed by atoms with Crippen molar-refractivity contribution in [1.82, 2.24) is 23.9 Å². The lowest BCUT2D eigenvalue weighted by Gasteiger charge is -2.27. The van der Waals surface area contributed by atoms with Crippen LogP contribution in [0.1, 0.15) is 59.3 Å². The highest BCUT2D eigenvalue weighted by atomic mass is 32.2. The van der Waals surface area contributed by atoms with Crippen molar-refractivity contribution in [2.75, 3.05) is 6.54 Å². The molecular formula is C29H28F3N5O5S. The Morgan fingerprint density at radius 3 is 2.58 bits per heavy atom. The summed E-state index contributed by atoms with van der Waals surface area (Å²) in [5, 5.41) is 17.1. The number of carboxylic acid groups (broad SMARTS) is 1. The summed E-state index contributed by atoms with van der Waals surface area (Å²) in [4.78, 5) is 16.4. The van der Waals surface area contributed by atoms with Gasteiger partial charge in [0.25, 0.3) is 0 Å². The number of aromatic nitrogens is 4. The normalized spacial score (nSPS) is 18.9. The summed E-state index contributed by atoms with van der Waals surface area (Å²) in [6.45, 7) is 5.09. The van der Waals surface area contributed by atoms with Gasteiger partial charge in [-0.25, -0.2) is 13.4 Å². The minimum atomic E-state index is -4.72. The molecule has 1 spiro atoms. The fourth-order valence-electron chi connectivity index (χ4n) is 5.73. The Morgan fingerprint density at radius 2 is 1.91 bits per heavy atom. The summed E-state index contributed by atoms with van der Waals surface area (Å²) in [5.74, 6) is -3.96. The van der Waals surface area contributed by atoms with Crippen molar-refractivity contribution < 1.29 is 36.2 Å². The minimum absolute atomic E-state index is 0.00671. The number of sulfonamides is 1. The third-order valence-corrected chi connectivity index (χ3v) is 10.2. The van der Waals surface area contributed by atoms with Crippen molar-refractivity contribution >= 4 is 21.6 Å². The molecule has 0 bridgehead atoms. The maximum absolute atomic E-state index is 13.8. The standard InChI is InChI=1S/C29H28F3N5O5S/c1-16-6-7-19(13-20(16)14-36-15-28(9-10-28)42-25-22(43(36,40)41)5-4-11-33-25)23(18(3)26(38)39)21-8-12-37-24(17(21)2)34-35-27(37)29(30,31)32/h4-8,11-13,18,23H,9-10,14-15H2,1-3H3,(H,38,39)/t18-,23+/m0/s1. The number of pyridine rings is 2. The van der Waals surface area contributed by atoms with Crippen LogP contribution in [0.25, 0.3) is 5.65 Å². The zero-order valence-electron chi connectivity index (χ0n) is 23.5. The number of ether oxygens (including phenoxy) is 1. The number of aryl methyl sites for hydroxylation is 2. The van der Waals surface area contributed by atoms with Gasteiger partial charge in [0.05, 0.1) is 12.5 Å². The van der Waals surface area contributed by atoms with Gasteiger partial charge >= 0.3 is 12.1 Å². The van der Waals surface area contributed by atoms with Crippen LogP contribution in [0.2, 0.25) is 0 Å². The molecule has 43 heavy (non-hydrogen) atoms. The zero-order chi connectivity index (χ0) is 30.9. The van der Waals surface area contributed by atoms with Gasteiger partial charge in [0.15, 0.2) is 5.65 Å². The average Bonchev–Trinajstić information content (AvgIpc) is 3.55. The van der Waals surface area contributed by atoms with E-state index in [0.717, 1.165) is 9.96 Å². The molecule has 3 aromatic heterocycles. The number of fused-ring (bicyclic) bond motifs is 2. The van der Waals surface area contributed by atoms with Crippen LogP contribution in [0.5, 0.6) is 5.88 Å². The van der Waals surface area contributed by atoms with E-state index >= 15 is 0 Å². The quantitative estimate of drug-likeness (QED) is 0.330. The number of hydrogen-bond acceptors (Lipinski definition) is 7. The van der Waals surface area contributed by atoms with Crippen molar-refractivity contribution in [1.29, 1.82) is 0 Å². The molecule has 10 nitrogen and oxygen atoms in total. The number of halogens is 3. The summed E-state index contributed by atoms with van der Waals surface area (Å²) in [5.41, 5.74) is 2.18. The molecule has 1 aliphatic carbocycles. The van der Waals surface area contributed by atoms with Crippen LogP contribution in [-0.2, 0) is 27.5 Å². The Balaban J connectivity index is 1.43. The molecule has 4 heterocycles. The zero-order valence-corrected chi connectivity index (χ0v) is 24.3. The highest BCUT2D eigenvalue weighted by Crippen LogP contribution is 2.46. The Labute approximate surface area is 245 Å².